The van der Waals surface area contributed by atoms with E-state index in [1.165, 1.54) is 4.88 Å². The highest BCUT2D eigenvalue weighted by molar-refractivity contribution is 7.19. The smallest absolute Gasteiger partial charge is 0.237 e. The Labute approximate surface area is 219 Å². The van der Waals surface area contributed by atoms with E-state index in [4.69, 9.17) is 20.4 Å². The topological polar surface area (TPSA) is 117 Å². The molecule has 3 N–H and O–H groups in total. The van der Waals surface area contributed by atoms with Crippen LogP contribution in [0.5, 0.6) is 0 Å². The van der Waals surface area contributed by atoms with Crippen LogP contribution in [0.3, 0.4) is 0 Å². The van der Waals surface area contributed by atoms with Crippen LogP contribution in [0.4, 0.5) is 5.82 Å². The van der Waals surface area contributed by atoms with Crippen LogP contribution in [0.2, 0.25) is 0 Å². The summed E-state index contributed by atoms with van der Waals surface area (Å²) < 4.78 is 6.73. The van der Waals surface area contributed by atoms with Crippen LogP contribution in [-0.4, -0.2) is 93.7 Å². The number of carbonyl (C=O) groups is 1. The second kappa shape index (κ2) is 9.64. The van der Waals surface area contributed by atoms with Gasteiger partial charge in [-0.3, -0.25) is 19.6 Å². The molecule has 37 heavy (non-hydrogen) atoms. The molecule has 2 aliphatic heterocycles. The second-order valence-corrected chi connectivity index (χ2v) is 11.3. The number of rotatable bonds is 6. The van der Waals surface area contributed by atoms with Crippen LogP contribution in [-0.2, 0) is 16.1 Å². The van der Waals surface area contributed by atoms with Crippen LogP contribution in [0, 0.1) is 0 Å². The van der Waals surface area contributed by atoms with E-state index in [1.807, 2.05) is 38.5 Å². The molecular formula is C26H32N8O2S. The SMILES string of the molecule is CC(C)(C(N)=O)N1CCN(Cc2cc3nc(-c4cncc5[nH]ccc45)nc(N4CCOCC4)c3s2)CC1. The Kier molecular flexibility index (Phi) is 6.31. The number of pyridine rings is 1. The number of aromatic nitrogens is 4. The molecule has 2 saturated heterocycles. The summed E-state index contributed by atoms with van der Waals surface area (Å²) in [6.45, 7) is 11.1. The summed E-state index contributed by atoms with van der Waals surface area (Å²) in [5.41, 5.74) is 7.87. The summed E-state index contributed by atoms with van der Waals surface area (Å²) in [4.78, 5) is 37.8. The molecule has 11 heteroatoms. The maximum Gasteiger partial charge on any atom is 0.237 e. The van der Waals surface area contributed by atoms with Crippen LogP contribution >= 0.6 is 11.3 Å². The zero-order chi connectivity index (χ0) is 25.6. The Morgan fingerprint density at radius 1 is 1.14 bits per heavy atom. The Morgan fingerprint density at radius 3 is 2.68 bits per heavy atom. The first-order valence-electron chi connectivity index (χ1n) is 12.7. The van der Waals surface area contributed by atoms with Gasteiger partial charge in [-0.2, -0.15) is 0 Å². The fourth-order valence-electron chi connectivity index (χ4n) is 5.15. The van der Waals surface area contributed by atoms with E-state index in [1.54, 1.807) is 11.3 Å². The van der Waals surface area contributed by atoms with Crippen molar-refractivity contribution in [2.75, 3.05) is 57.4 Å². The van der Waals surface area contributed by atoms with E-state index in [-0.39, 0.29) is 5.91 Å². The quantitative estimate of drug-likeness (QED) is 0.398. The Balaban J connectivity index is 1.31. The fraction of sp³-hybridized carbons (Fsp3) is 0.462. The van der Waals surface area contributed by atoms with Crippen molar-refractivity contribution in [2.45, 2.75) is 25.9 Å². The van der Waals surface area contributed by atoms with Crippen molar-refractivity contribution in [1.82, 2.24) is 29.7 Å². The first kappa shape index (κ1) is 24.2. The Hall–Kier alpha value is -3.12. The molecule has 194 valence electrons. The monoisotopic (exact) mass is 520 g/mol. The van der Waals surface area contributed by atoms with Crippen molar-refractivity contribution >= 4 is 44.2 Å². The first-order valence-corrected chi connectivity index (χ1v) is 13.5. The third-order valence-corrected chi connectivity index (χ3v) is 8.68. The van der Waals surface area contributed by atoms with E-state index in [0.717, 1.165) is 78.3 Å². The number of hydrogen-bond acceptors (Lipinski definition) is 9. The molecule has 0 spiro atoms. The third kappa shape index (κ3) is 4.56. The molecule has 0 saturated carbocycles. The Bertz CT molecular complexity index is 1430. The largest absolute Gasteiger partial charge is 0.378 e. The number of amides is 1. The molecule has 2 aliphatic rings. The molecular weight excluding hydrogens is 488 g/mol. The van der Waals surface area contributed by atoms with Crippen LogP contribution < -0.4 is 10.6 Å². The van der Waals surface area contributed by atoms with Gasteiger partial charge in [-0.25, -0.2) is 9.97 Å². The normalized spacial score (nSPS) is 18.2. The van der Waals surface area contributed by atoms with Gasteiger partial charge < -0.3 is 20.4 Å². The molecule has 0 unspecified atom stereocenters. The van der Waals surface area contributed by atoms with Crippen molar-refractivity contribution in [3.05, 3.63) is 35.6 Å². The number of morpholine rings is 1. The third-order valence-electron chi connectivity index (χ3n) is 7.58. The van der Waals surface area contributed by atoms with Crippen molar-refractivity contribution in [3.63, 3.8) is 0 Å². The zero-order valence-corrected chi connectivity index (χ0v) is 22.1. The van der Waals surface area contributed by atoms with Gasteiger partial charge in [-0.05, 0) is 26.0 Å². The van der Waals surface area contributed by atoms with Gasteiger partial charge in [0.2, 0.25) is 5.91 Å². The number of nitrogens with zero attached hydrogens (tertiary/aromatic N) is 6. The highest BCUT2D eigenvalue weighted by Crippen LogP contribution is 2.36. The molecule has 4 aromatic rings. The molecule has 1 amide bonds. The molecule has 0 aromatic carbocycles. The number of piperazine rings is 1. The minimum atomic E-state index is -0.625. The van der Waals surface area contributed by atoms with Gasteiger partial charge in [-0.1, -0.05) is 0 Å². The summed E-state index contributed by atoms with van der Waals surface area (Å²) in [6.07, 6.45) is 5.60. The summed E-state index contributed by atoms with van der Waals surface area (Å²) in [6, 6.07) is 4.26. The molecule has 0 bridgehead atoms. The maximum atomic E-state index is 11.9. The minimum Gasteiger partial charge on any atom is -0.378 e. The highest BCUT2D eigenvalue weighted by atomic mass is 32.1. The van der Waals surface area contributed by atoms with E-state index >= 15 is 0 Å². The standard InChI is InChI=1S/C26H32N8O2S/c1-26(2,25(27)35)34-7-5-32(6-8-34)16-17-13-20-22(37-17)24(33-9-11-36-12-10-33)31-23(30-20)19-14-28-15-21-18(19)3-4-29-21/h3-4,13-15,29H,5-12,16H2,1-2H3,(H2,27,35). The number of nitrogens with one attached hydrogen (secondary N) is 1. The molecule has 0 aliphatic carbocycles. The number of nitrogens with two attached hydrogens (primary N) is 1. The number of hydrogen-bond donors (Lipinski definition) is 2. The lowest BCUT2D eigenvalue weighted by Gasteiger charge is -2.42. The average Bonchev–Trinajstić information content (AvgIpc) is 3.55. The lowest BCUT2D eigenvalue weighted by molar-refractivity contribution is -0.129. The summed E-state index contributed by atoms with van der Waals surface area (Å²) in [7, 11) is 0. The van der Waals surface area contributed by atoms with Crippen LogP contribution in [0.1, 0.15) is 18.7 Å². The van der Waals surface area contributed by atoms with Crippen molar-refractivity contribution in [3.8, 4) is 11.4 Å². The maximum absolute atomic E-state index is 11.9. The lowest BCUT2D eigenvalue weighted by Crippen LogP contribution is -2.59. The van der Waals surface area contributed by atoms with E-state index in [2.05, 4.69) is 30.7 Å². The Morgan fingerprint density at radius 2 is 1.92 bits per heavy atom. The van der Waals surface area contributed by atoms with Gasteiger partial charge in [0.25, 0.3) is 0 Å². The number of carbonyl (C=O) groups excluding carboxylic acids is 1. The molecule has 0 atom stereocenters. The predicted octanol–water partition coefficient (Wildman–Crippen LogP) is 2.45. The molecule has 2 fully saturated rings. The van der Waals surface area contributed by atoms with Crippen molar-refractivity contribution in [2.24, 2.45) is 5.73 Å². The summed E-state index contributed by atoms with van der Waals surface area (Å²) in [5, 5.41) is 1.06. The lowest BCUT2D eigenvalue weighted by atomic mass is 10.0. The molecule has 4 aromatic heterocycles. The van der Waals surface area contributed by atoms with Crippen LogP contribution in [0.15, 0.2) is 30.7 Å². The van der Waals surface area contributed by atoms with Crippen LogP contribution in [0.25, 0.3) is 32.5 Å². The number of aromatic amines is 1. The molecule has 0 radical (unpaired) electrons. The fourth-order valence-corrected chi connectivity index (χ4v) is 6.31. The van der Waals surface area contributed by atoms with E-state index < -0.39 is 5.54 Å². The van der Waals surface area contributed by atoms with Gasteiger partial charge in [0.05, 0.1) is 40.7 Å². The highest BCUT2D eigenvalue weighted by Gasteiger charge is 2.34. The van der Waals surface area contributed by atoms with Gasteiger partial charge in [0, 0.05) is 74.0 Å². The average molecular weight is 521 g/mol. The number of primary amides is 1. The first-order chi connectivity index (χ1) is 17.9. The molecule has 10 nitrogen and oxygen atoms in total. The van der Waals surface area contributed by atoms with Gasteiger partial charge >= 0.3 is 0 Å². The van der Waals surface area contributed by atoms with E-state index in [0.29, 0.717) is 19.0 Å². The van der Waals surface area contributed by atoms with Crippen molar-refractivity contribution < 1.29 is 9.53 Å². The number of thiophene rings is 1. The van der Waals surface area contributed by atoms with E-state index in [9.17, 15) is 4.79 Å². The zero-order valence-electron chi connectivity index (χ0n) is 21.2. The number of H-pyrrole nitrogens is 1. The number of ether oxygens (including phenoxy) is 1. The van der Waals surface area contributed by atoms with Gasteiger partial charge in [0.15, 0.2) is 11.6 Å². The molecule has 6 rings (SSSR count). The summed E-state index contributed by atoms with van der Waals surface area (Å²) >= 11 is 1.77. The second-order valence-electron chi connectivity index (χ2n) is 10.2. The summed E-state index contributed by atoms with van der Waals surface area (Å²) in [5.74, 6) is 1.39. The van der Waals surface area contributed by atoms with Gasteiger partial charge in [0.1, 0.15) is 0 Å². The number of anilines is 1. The minimum absolute atomic E-state index is 0.277. The van der Waals surface area contributed by atoms with Gasteiger partial charge in [-0.15, -0.1) is 11.3 Å². The number of fused-ring (bicyclic) bond motifs is 2. The predicted molar refractivity (Wildman–Crippen MR) is 146 cm³/mol. The molecule has 6 heterocycles. The van der Waals surface area contributed by atoms with Crippen molar-refractivity contribution in [1.29, 1.82) is 0 Å².